The van der Waals surface area contributed by atoms with Crippen LogP contribution in [0.1, 0.15) is 24.2 Å². The molecule has 0 spiro atoms. The van der Waals surface area contributed by atoms with E-state index in [-0.39, 0.29) is 40.9 Å². The van der Waals surface area contributed by atoms with Gasteiger partial charge in [-0.25, -0.2) is 0 Å². The molecule has 0 aliphatic rings. The number of Topliss-reactive ketones (excluding diaryl/α,β-unsaturated/α-hetero) is 1. The number of ether oxygens (including phenoxy) is 2. The molecule has 0 bridgehead atoms. The second-order valence-electron chi connectivity index (χ2n) is 7.29. The van der Waals surface area contributed by atoms with Crippen molar-refractivity contribution in [3.63, 3.8) is 0 Å². The molecule has 0 atom stereocenters. The molecule has 0 saturated heterocycles. The van der Waals surface area contributed by atoms with E-state index in [1.165, 1.54) is 44.6 Å². The molecule has 1 heterocycles. The number of ketones is 1. The second-order valence-corrected chi connectivity index (χ2v) is 7.29. The molecular formula is C26H27NO7. The number of methoxy groups -OCH3 is 2. The highest BCUT2D eigenvalue weighted by Gasteiger charge is 2.20. The van der Waals surface area contributed by atoms with Crippen LogP contribution < -0.4 is 9.47 Å². The molecule has 178 valence electrons. The smallest absolute Gasteiger partial charge is 0.182 e. The van der Waals surface area contributed by atoms with Crippen molar-refractivity contribution in [3.8, 4) is 45.6 Å². The molecule has 34 heavy (non-hydrogen) atoms. The summed E-state index contributed by atoms with van der Waals surface area (Å²) < 4.78 is 12.6. The fourth-order valence-electron chi connectivity index (χ4n) is 3.74. The minimum Gasteiger partial charge on any atom is -0.508 e. The van der Waals surface area contributed by atoms with E-state index >= 15 is 0 Å². The van der Waals surface area contributed by atoms with Crippen molar-refractivity contribution in [3.05, 3.63) is 60.3 Å². The molecule has 4 aromatic rings. The summed E-state index contributed by atoms with van der Waals surface area (Å²) in [6.45, 7) is 3.89. The summed E-state index contributed by atoms with van der Waals surface area (Å²) in [5.41, 5.74) is 1.92. The van der Waals surface area contributed by atoms with Gasteiger partial charge in [-0.15, -0.1) is 0 Å². The van der Waals surface area contributed by atoms with Gasteiger partial charge in [-0.3, -0.25) is 4.79 Å². The van der Waals surface area contributed by atoms with E-state index in [9.17, 15) is 25.2 Å². The Bertz CT molecular complexity index is 1300. The lowest BCUT2D eigenvalue weighted by atomic mass is 10.0. The van der Waals surface area contributed by atoms with E-state index in [4.69, 9.17) is 9.47 Å². The quantitative estimate of drug-likeness (QED) is 0.294. The maximum absolute atomic E-state index is 12.9. The molecule has 0 unspecified atom stereocenters. The molecule has 0 aliphatic heterocycles. The zero-order valence-electron chi connectivity index (χ0n) is 19.4. The molecule has 0 radical (unpaired) electrons. The van der Waals surface area contributed by atoms with Crippen LogP contribution in [0, 0.1) is 0 Å². The number of rotatable bonds is 6. The maximum atomic E-state index is 12.9. The van der Waals surface area contributed by atoms with Gasteiger partial charge in [0.05, 0.1) is 26.3 Å². The molecule has 3 aromatic carbocycles. The molecule has 0 aliphatic carbocycles. The van der Waals surface area contributed by atoms with E-state index in [0.29, 0.717) is 33.5 Å². The molecule has 1 aromatic heterocycles. The van der Waals surface area contributed by atoms with Crippen molar-refractivity contribution in [1.29, 1.82) is 0 Å². The first-order chi connectivity index (χ1) is 16.3. The summed E-state index contributed by atoms with van der Waals surface area (Å²) in [5.74, 6) is -0.00522. The Kier molecular flexibility index (Phi) is 7.21. The summed E-state index contributed by atoms with van der Waals surface area (Å²) in [6, 6.07) is 11.4. The van der Waals surface area contributed by atoms with Gasteiger partial charge in [0.25, 0.3) is 0 Å². The summed E-state index contributed by atoms with van der Waals surface area (Å²) in [6.07, 6.45) is 1.71. The van der Waals surface area contributed by atoms with Gasteiger partial charge in [0.15, 0.2) is 5.78 Å². The fraction of sp³-hybridized carbons (Fsp3) is 0.192. The predicted octanol–water partition coefficient (Wildman–Crippen LogP) is 5.06. The van der Waals surface area contributed by atoms with Crippen LogP contribution in [-0.2, 0) is 6.54 Å². The highest BCUT2D eigenvalue weighted by Crippen LogP contribution is 2.41. The van der Waals surface area contributed by atoms with Gasteiger partial charge in [0.1, 0.15) is 34.5 Å². The van der Waals surface area contributed by atoms with Gasteiger partial charge in [-0.2, -0.15) is 0 Å². The number of nitrogens with zero attached hydrogens (tertiary/aromatic N) is 1. The Hall–Kier alpha value is -4.33. The Labute approximate surface area is 196 Å². The van der Waals surface area contributed by atoms with E-state index in [1.807, 2.05) is 13.8 Å². The van der Waals surface area contributed by atoms with E-state index < -0.39 is 0 Å². The standard InChI is InChI=1S/C24H21NO7.C2H6/c1-31-19-9-21-24(23(10-19)32-2)20(13-3-15(26)7-16(27)4-13)11-25(21)12-22(30)14-5-17(28)8-18(29)6-14;1-2/h3-11,26-29H,12H2,1-2H3;1-2H3. The van der Waals surface area contributed by atoms with Gasteiger partial charge in [-0.1, -0.05) is 13.8 Å². The average molecular weight is 466 g/mol. The number of carbonyl (C=O) groups is 1. The van der Waals surface area contributed by atoms with Gasteiger partial charge in [0.2, 0.25) is 0 Å². The summed E-state index contributed by atoms with van der Waals surface area (Å²) >= 11 is 0. The number of hydrogen-bond donors (Lipinski definition) is 4. The van der Waals surface area contributed by atoms with E-state index in [2.05, 4.69) is 0 Å². The second kappa shape index (κ2) is 10.1. The molecule has 8 heteroatoms. The molecule has 4 N–H and O–H groups in total. The molecule has 0 fully saturated rings. The minimum atomic E-state index is -0.347. The van der Waals surface area contributed by atoms with Crippen LogP contribution in [-0.4, -0.2) is 45.0 Å². The topological polar surface area (TPSA) is 121 Å². The van der Waals surface area contributed by atoms with Crippen LogP contribution in [0.25, 0.3) is 22.0 Å². The van der Waals surface area contributed by atoms with Crippen LogP contribution in [0.4, 0.5) is 0 Å². The van der Waals surface area contributed by atoms with Crippen LogP contribution in [0.5, 0.6) is 34.5 Å². The number of aromatic hydroxyl groups is 4. The lowest BCUT2D eigenvalue weighted by Gasteiger charge is -2.10. The fourth-order valence-corrected chi connectivity index (χ4v) is 3.74. The normalized spacial score (nSPS) is 10.5. The van der Waals surface area contributed by atoms with Crippen molar-refractivity contribution in [2.45, 2.75) is 20.4 Å². The Morgan fingerprint density at radius 2 is 1.35 bits per heavy atom. The third-order valence-corrected chi connectivity index (χ3v) is 5.13. The first-order valence-corrected chi connectivity index (χ1v) is 10.6. The Balaban J connectivity index is 0.00000158. The number of fused-ring (bicyclic) bond motifs is 1. The highest BCUT2D eigenvalue weighted by atomic mass is 16.5. The first kappa shape index (κ1) is 24.3. The Morgan fingerprint density at radius 3 is 1.88 bits per heavy atom. The molecular weight excluding hydrogens is 438 g/mol. The largest absolute Gasteiger partial charge is 0.508 e. The minimum absolute atomic E-state index is 0.111. The van der Waals surface area contributed by atoms with Crippen molar-refractivity contribution in [2.75, 3.05) is 14.2 Å². The number of phenolic OH excluding ortho intramolecular Hbond substituents is 4. The Morgan fingerprint density at radius 1 is 0.794 bits per heavy atom. The number of carbonyl (C=O) groups excluding carboxylic acids is 1. The first-order valence-electron chi connectivity index (χ1n) is 10.6. The zero-order chi connectivity index (χ0) is 25.0. The summed E-state index contributed by atoms with van der Waals surface area (Å²) in [5, 5.41) is 40.0. The molecule has 0 saturated carbocycles. The summed E-state index contributed by atoms with van der Waals surface area (Å²) in [4.78, 5) is 12.9. The predicted molar refractivity (Wildman–Crippen MR) is 129 cm³/mol. The van der Waals surface area contributed by atoms with Crippen molar-refractivity contribution >= 4 is 16.7 Å². The number of aromatic nitrogens is 1. The van der Waals surface area contributed by atoms with Gasteiger partial charge >= 0.3 is 0 Å². The summed E-state index contributed by atoms with van der Waals surface area (Å²) in [7, 11) is 3.03. The molecule has 0 amide bonds. The van der Waals surface area contributed by atoms with Crippen LogP contribution in [0.3, 0.4) is 0 Å². The molecule has 8 nitrogen and oxygen atoms in total. The number of benzene rings is 3. The van der Waals surface area contributed by atoms with Gasteiger partial charge < -0.3 is 34.5 Å². The van der Waals surface area contributed by atoms with Gasteiger partial charge in [-0.05, 0) is 29.8 Å². The van der Waals surface area contributed by atoms with Crippen molar-refractivity contribution in [2.24, 2.45) is 0 Å². The van der Waals surface area contributed by atoms with E-state index in [1.54, 1.807) is 22.9 Å². The number of hydrogen-bond acceptors (Lipinski definition) is 7. The third kappa shape index (κ3) is 4.85. The molecule has 4 rings (SSSR count). The van der Waals surface area contributed by atoms with Crippen LogP contribution >= 0.6 is 0 Å². The lowest BCUT2D eigenvalue weighted by molar-refractivity contribution is 0.0972. The van der Waals surface area contributed by atoms with Crippen molar-refractivity contribution in [1.82, 2.24) is 4.57 Å². The number of phenols is 4. The van der Waals surface area contributed by atoms with E-state index in [0.717, 1.165) is 6.07 Å². The van der Waals surface area contributed by atoms with Crippen molar-refractivity contribution < 1.29 is 34.7 Å². The van der Waals surface area contributed by atoms with Gasteiger partial charge in [0, 0.05) is 47.0 Å². The monoisotopic (exact) mass is 465 g/mol. The third-order valence-electron chi connectivity index (χ3n) is 5.13. The lowest BCUT2D eigenvalue weighted by Crippen LogP contribution is -2.09. The highest BCUT2D eigenvalue weighted by molar-refractivity contribution is 6.03. The average Bonchev–Trinajstić information content (AvgIpc) is 3.16. The SMILES string of the molecule is CC.COc1cc(OC)c2c(-c3cc(O)cc(O)c3)cn(CC(=O)c3cc(O)cc(O)c3)c2c1. The van der Waals surface area contributed by atoms with Crippen LogP contribution in [0.2, 0.25) is 0 Å². The zero-order valence-corrected chi connectivity index (χ0v) is 19.4. The van der Waals surface area contributed by atoms with Crippen LogP contribution in [0.15, 0.2) is 54.7 Å². The maximum Gasteiger partial charge on any atom is 0.182 e.